The zero-order valence-electron chi connectivity index (χ0n) is 11.8. The van der Waals surface area contributed by atoms with E-state index in [1.807, 2.05) is 0 Å². The Morgan fingerprint density at radius 2 is 1.17 bits per heavy atom. The Morgan fingerprint density at radius 3 is 1.50 bits per heavy atom. The van der Waals surface area contributed by atoms with Gasteiger partial charge >= 0.3 is 127 Å². The van der Waals surface area contributed by atoms with E-state index in [2.05, 4.69) is 53.9 Å². The third kappa shape index (κ3) is 8.57. The van der Waals surface area contributed by atoms with Gasteiger partial charge in [-0.25, -0.2) is 0 Å². The first-order chi connectivity index (χ1) is 8.74. The zero-order chi connectivity index (χ0) is 13.7. The van der Waals surface area contributed by atoms with Crippen molar-refractivity contribution in [2.45, 2.75) is 49.9 Å². The van der Waals surface area contributed by atoms with E-state index in [1.165, 1.54) is 49.9 Å². The first kappa shape index (κ1) is 18.5. The van der Waals surface area contributed by atoms with Crippen molar-refractivity contribution in [2.75, 3.05) is 5.33 Å². The summed E-state index contributed by atoms with van der Waals surface area (Å²) >= 11 is 1.60. The molecule has 0 aliphatic rings. The Bertz CT molecular complexity index is 204. The molecule has 0 aliphatic heterocycles. The Kier molecular flexibility index (Phi) is 12.9. The van der Waals surface area contributed by atoms with Crippen molar-refractivity contribution >= 4 is 34.3 Å². The van der Waals surface area contributed by atoms with Gasteiger partial charge in [-0.15, -0.1) is 0 Å². The van der Waals surface area contributed by atoms with E-state index >= 15 is 0 Å². The average Bonchev–Trinajstić information content (AvgIpc) is 2.40. The van der Waals surface area contributed by atoms with Gasteiger partial charge in [0.1, 0.15) is 0 Å². The number of halogens is 1. The van der Waals surface area contributed by atoms with Crippen LogP contribution in [0.5, 0.6) is 0 Å². The molecule has 0 aromatic rings. The van der Waals surface area contributed by atoms with Crippen molar-refractivity contribution in [3.8, 4) is 0 Å². The van der Waals surface area contributed by atoms with Crippen LogP contribution in [0.3, 0.4) is 0 Å². The molecule has 0 nitrogen and oxygen atoms in total. The quantitative estimate of drug-likeness (QED) is 0.141. The molecule has 0 aromatic heterocycles. The fourth-order valence-corrected chi connectivity index (χ4v) is 17.1. The molecule has 0 unspecified atom stereocenters. The zero-order valence-corrected chi connectivity index (χ0v) is 16.2. The van der Waals surface area contributed by atoms with Gasteiger partial charge in [0.05, 0.1) is 0 Å². The summed E-state index contributed by atoms with van der Waals surface area (Å²) in [5.74, 6) is 0. The molecule has 0 heterocycles. The predicted octanol–water partition coefficient (Wildman–Crippen LogP) is 6.34. The van der Waals surface area contributed by atoms with E-state index in [0.29, 0.717) is 0 Å². The molecule has 0 saturated heterocycles. The van der Waals surface area contributed by atoms with Crippen LogP contribution in [0.25, 0.3) is 0 Å². The van der Waals surface area contributed by atoms with Crippen molar-refractivity contribution in [3.05, 3.63) is 38.0 Å². The predicted molar refractivity (Wildman–Crippen MR) is 92.5 cm³/mol. The molecule has 0 rings (SSSR count). The fourth-order valence-electron chi connectivity index (χ4n) is 2.57. The van der Waals surface area contributed by atoms with Crippen LogP contribution in [0.4, 0.5) is 0 Å². The molecule has 0 radical (unpaired) electrons. The molecular weight excluding hydrogens is 391 g/mol. The van der Waals surface area contributed by atoms with Crippen LogP contribution in [0.15, 0.2) is 38.0 Å². The molecule has 0 aliphatic carbocycles. The molecule has 0 saturated carbocycles. The van der Waals surface area contributed by atoms with Crippen molar-refractivity contribution in [3.63, 3.8) is 0 Å². The first-order valence-electron chi connectivity index (χ1n) is 7.13. The molecule has 0 bridgehead atoms. The Morgan fingerprint density at radius 1 is 0.722 bits per heavy atom. The van der Waals surface area contributed by atoms with E-state index in [-0.39, 0.29) is 0 Å². The Labute approximate surface area is 127 Å². The van der Waals surface area contributed by atoms with E-state index in [0.717, 1.165) is 5.33 Å². The normalized spacial score (nSPS) is 11.2. The van der Waals surface area contributed by atoms with Gasteiger partial charge in [-0.1, -0.05) is 0 Å². The first-order valence-corrected chi connectivity index (χ1v) is 16.3. The molecular formula is C16H29BrSn. The summed E-state index contributed by atoms with van der Waals surface area (Å²) < 4.78 is 5.96. The van der Waals surface area contributed by atoms with Crippen LogP contribution < -0.4 is 0 Å². The minimum atomic E-state index is -1.95. The number of unbranched alkanes of at least 4 members (excludes halogenated alkanes) is 1. The molecule has 0 spiro atoms. The summed E-state index contributed by atoms with van der Waals surface area (Å²) in [5.41, 5.74) is 0. The van der Waals surface area contributed by atoms with E-state index in [1.54, 1.807) is 0 Å². The van der Waals surface area contributed by atoms with E-state index in [4.69, 9.17) is 0 Å². The van der Waals surface area contributed by atoms with Gasteiger partial charge in [0.15, 0.2) is 0 Å². The third-order valence-electron chi connectivity index (χ3n) is 3.73. The summed E-state index contributed by atoms with van der Waals surface area (Å²) in [6.07, 6.45) is 12.7. The fraction of sp³-hybridized carbons (Fsp3) is 0.625. The summed E-state index contributed by atoms with van der Waals surface area (Å²) in [5, 5.41) is 1.15. The second-order valence-corrected chi connectivity index (χ2v) is 20.2. The van der Waals surface area contributed by atoms with Crippen LogP contribution in [0.2, 0.25) is 17.7 Å². The minimum absolute atomic E-state index is 1.15. The molecule has 0 N–H and O–H groups in total. The molecule has 0 fully saturated rings. The molecule has 18 heavy (non-hydrogen) atoms. The number of alkyl halides is 1. The molecule has 104 valence electrons. The van der Waals surface area contributed by atoms with Crippen LogP contribution in [-0.4, -0.2) is 23.7 Å². The van der Waals surface area contributed by atoms with Crippen molar-refractivity contribution in [1.29, 1.82) is 0 Å². The maximum atomic E-state index is 3.91. The number of rotatable bonds is 13. The Balaban J connectivity index is 4.54. The van der Waals surface area contributed by atoms with Gasteiger partial charge in [-0.2, -0.15) is 0 Å². The second-order valence-electron chi connectivity index (χ2n) is 5.13. The standard InChI is InChI=1S/C4H8Br.3C4H7.Sn/c1-2-3-4-5;3*1-3-4-2;/h1-4H2;3*3H,1-2,4H2;. The van der Waals surface area contributed by atoms with E-state index < -0.39 is 18.4 Å². The van der Waals surface area contributed by atoms with Gasteiger partial charge in [0, 0.05) is 0 Å². The van der Waals surface area contributed by atoms with Gasteiger partial charge < -0.3 is 0 Å². The van der Waals surface area contributed by atoms with Crippen molar-refractivity contribution in [1.82, 2.24) is 0 Å². The third-order valence-corrected chi connectivity index (χ3v) is 19.9. The topological polar surface area (TPSA) is 0 Å². The molecule has 2 heteroatoms. The number of hydrogen-bond donors (Lipinski definition) is 0. The van der Waals surface area contributed by atoms with Crippen LogP contribution in [0, 0.1) is 0 Å². The second kappa shape index (κ2) is 12.5. The summed E-state index contributed by atoms with van der Waals surface area (Å²) in [6.45, 7) is 11.7. The van der Waals surface area contributed by atoms with Crippen molar-refractivity contribution < 1.29 is 0 Å². The van der Waals surface area contributed by atoms with Crippen LogP contribution in [0.1, 0.15) is 32.1 Å². The number of allylic oxidation sites excluding steroid dienone is 3. The molecule has 0 amide bonds. The Hall–Kier alpha value is 0.499. The molecule has 0 atom stereocenters. The van der Waals surface area contributed by atoms with Gasteiger partial charge in [0.25, 0.3) is 0 Å². The molecule has 0 aromatic carbocycles. The van der Waals surface area contributed by atoms with Crippen LogP contribution in [-0.2, 0) is 0 Å². The monoisotopic (exact) mass is 420 g/mol. The summed E-state index contributed by atoms with van der Waals surface area (Å²) in [4.78, 5) is 0. The van der Waals surface area contributed by atoms with Gasteiger partial charge in [-0.3, -0.25) is 0 Å². The SMILES string of the molecule is C=CC[CH2][Sn]([CH2]CC=C)([CH2]CC=C)[CH2]CCCBr. The maximum absolute atomic E-state index is 3.91. The van der Waals surface area contributed by atoms with Crippen LogP contribution >= 0.6 is 15.9 Å². The van der Waals surface area contributed by atoms with Gasteiger partial charge in [0.2, 0.25) is 0 Å². The average molecular weight is 420 g/mol. The van der Waals surface area contributed by atoms with E-state index in [9.17, 15) is 0 Å². The van der Waals surface area contributed by atoms with Gasteiger partial charge in [-0.05, 0) is 0 Å². The summed E-state index contributed by atoms with van der Waals surface area (Å²) in [7, 11) is 0. The number of hydrogen-bond acceptors (Lipinski definition) is 0. The van der Waals surface area contributed by atoms with Crippen molar-refractivity contribution in [2.24, 2.45) is 0 Å². The summed E-state index contributed by atoms with van der Waals surface area (Å²) in [6, 6.07) is 0.